The Morgan fingerprint density at radius 3 is 2.34 bits per heavy atom. The van der Waals surface area contributed by atoms with Crippen molar-refractivity contribution in [3.05, 3.63) is 92.4 Å². The molecule has 1 aromatic heterocycles. The largest absolute Gasteiger partial charge is 0.383 e. The van der Waals surface area contributed by atoms with Crippen molar-refractivity contribution >= 4 is 17.4 Å². The van der Waals surface area contributed by atoms with Crippen LogP contribution in [0, 0.1) is 5.82 Å². The van der Waals surface area contributed by atoms with E-state index in [9.17, 15) is 18.8 Å². The molecular weight excluding hydrogens is 413 g/mol. The number of nitrogens with one attached hydrogen (secondary N) is 1. The molecule has 0 bridgehead atoms. The Bertz CT molecular complexity index is 1190. The number of nitrogen functional groups attached to an aromatic ring is 1. The average molecular weight is 439 g/mol. The van der Waals surface area contributed by atoms with Crippen molar-refractivity contribution in [3.63, 3.8) is 0 Å². The number of amides is 1. The molecule has 2 aromatic carbocycles. The van der Waals surface area contributed by atoms with Crippen molar-refractivity contribution in [3.8, 4) is 0 Å². The molecule has 0 radical (unpaired) electrons. The van der Waals surface area contributed by atoms with Gasteiger partial charge in [-0.2, -0.15) is 0 Å². The third kappa shape index (κ3) is 5.30. The number of aromatic amines is 1. The van der Waals surface area contributed by atoms with E-state index < -0.39 is 11.2 Å². The van der Waals surface area contributed by atoms with Gasteiger partial charge in [-0.1, -0.05) is 42.5 Å². The average Bonchev–Trinajstić information content (AvgIpc) is 2.76. The maximum absolute atomic E-state index is 13.1. The van der Waals surface area contributed by atoms with E-state index in [0.717, 1.165) is 11.1 Å². The number of nitrogens with zero attached hydrogens (tertiary/aromatic N) is 3. The number of aromatic nitrogens is 2. The van der Waals surface area contributed by atoms with Crippen molar-refractivity contribution in [2.75, 3.05) is 30.8 Å². The molecule has 168 valence electrons. The molecule has 0 aliphatic carbocycles. The maximum atomic E-state index is 13.1. The quantitative estimate of drug-likeness (QED) is 0.557. The minimum Gasteiger partial charge on any atom is -0.383 e. The van der Waals surface area contributed by atoms with Crippen LogP contribution in [0.25, 0.3) is 0 Å². The third-order valence-electron chi connectivity index (χ3n) is 5.06. The Morgan fingerprint density at radius 2 is 1.72 bits per heavy atom. The zero-order valence-corrected chi connectivity index (χ0v) is 18.0. The van der Waals surface area contributed by atoms with Gasteiger partial charge in [-0.3, -0.25) is 24.0 Å². The zero-order valence-electron chi connectivity index (χ0n) is 18.0. The first-order valence-electron chi connectivity index (χ1n) is 10.2. The molecule has 0 saturated heterocycles. The predicted octanol–water partition coefficient (Wildman–Crippen LogP) is 1.79. The summed E-state index contributed by atoms with van der Waals surface area (Å²) in [4.78, 5) is 43.3. The van der Waals surface area contributed by atoms with Crippen LogP contribution < -0.4 is 21.9 Å². The van der Waals surface area contributed by atoms with Crippen LogP contribution in [0.1, 0.15) is 18.1 Å². The lowest BCUT2D eigenvalue weighted by Crippen LogP contribution is -2.44. The normalized spacial score (nSPS) is 11.0. The number of carbonyl (C=O) groups is 1. The predicted molar refractivity (Wildman–Crippen MR) is 122 cm³/mol. The van der Waals surface area contributed by atoms with Gasteiger partial charge in [0.15, 0.2) is 5.69 Å². The number of H-pyrrole nitrogens is 1. The summed E-state index contributed by atoms with van der Waals surface area (Å²) in [5, 5.41) is 0. The van der Waals surface area contributed by atoms with Crippen LogP contribution in [-0.2, 0) is 17.9 Å². The molecule has 0 atom stereocenters. The van der Waals surface area contributed by atoms with Crippen molar-refractivity contribution in [2.45, 2.75) is 20.0 Å². The number of hydrogen-bond donors (Lipinski definition) is 2. The monoisotopic (exact) mass is 439 g/mol. The van der Waals surface area contributed by atoms with Gasteiger partial charge in [-0.25, -0.2) is 9.18 Å². The molecule has 8 nitrogen and oxygen atoms in total. The molecular formula is C23H26FN5O3. The van der Waals surface area contributed by atoms with E-state index in [1.165, 1.54) is 21.6 Å². The third-order valence-corrected chi connectivity index (χ3v) is 5.06. The number of rotatable bonds is 8. The van der Waals surface area contributed by atoms with E-state index >= 15 is 0 Å². The van der Waals surface area contributed by atoms with Gasteiger partial charge in [0.25, 0.3) is 5.56 Å². The lowest BCUT2D eigenvalue weighted by Gasteiger charge is -2.25. The van der Waals surface area contributed by atoms with Gasteiger partial charge in [0, 0.05) is 13.1 Å². The van der Waals surface area contributed by atoms with Gasteiger partial charge < -0.3 is 10.6 Å². The number of halogens is 1. The van der Waals surface area contributed by atoms with E-state index in [-0.39, 0.29) is 42.9 Å². The molecule has 3 rings (SSSR count). The van der Waals surface area contributed by atoms with Gasteiger partial charge in [0.2, 0.25) is 5.91 Å². The summed E-state index contributed by atoms with van der Waals surface area (Å²) in [7, 11) is 1.75. The summed E-state index contributed by atoms with van der Waals surface area (Å²) in [6, 6.07) is 15.2. The fourth-order valence-electron chi connectivity index (χ4n) is 3.49. The topological polar surface area (TPSA) is 104 Å². The highest BCUT2D eigenvalue weighted by atomic mass is 19.1. The minimum atomic E-state index is -0.715. The van der Waals surface area contributed by atoms with Gasteiger partial charge in [-0.05, 0) is 37.2 Å². The van der Waals surface area contributed by atoms with Gasteiger partial charge in [0.1, 0.15) is 11.6 Å². The molecule has 0 spiro atoms. The molecule has 3 aromatic rings. The summed E-state index contributed by atoms with van der Waals surface area (Å²) in [6.07, 6.45) is 0. The number of nitrogens with two attached hydrogens (primary N) is 1. The number of anilines is 2. The second-order valence-electron chi connectivity index (χ2n) is 7.50. The van der Waals surface area contributed by atoms with Crippen LogP contribution in [0.5, 0.6) is 0 Å². The number of likely N-dealkylation sites (N-methyl/N-ethyl adjacent to an activating group) is 2. The summed E-state index contributed by atoms with van der Waals surface area (Å²) in [5.74, 6) is -0.747. The molecule has 32 heavy (non-hydrogen) atoms. The molecule has 0 aliphatic rings. The highest BCUT2D eigenvalue weighted by molar-refractivity contribution is 5.96. The molecule has 1 heterocycles. The fourth-order valence-corrected chi connectivity index (χ4v) is 3.49. The highest BCUT2D eigenvalue weighted by Gasteiger charge is 2.24. The van der Waals surface area contributed by atoms with E-state index in [2.05, 4.69) is 4.98 Å². The second-order valence-corrected chi connectivity index (χ2v) is 7.50. The summed E-state index contributed by atoms with van der Waals surface area (Å²) < 4.78 is 14.3. The van der Waals surface area contributed by atoms with Crippen LogP contribution in [-0.4, -0.2) is 40.5 Å². The molecule has 0 saturated carbocycles. The first kappa shape index (κ1) is 23.0. The first-order chi connectivity index (χ1) is 15.3. The van der Waals surface area contributed by atoms with Crippen LogP contribution in [0.4, 0.5) is 15.9 Å². The van der Waals surface area contributed by atoms with Crippen molar-refractivity contribution in [2.24, 2.45) is 0 Å². The van der Waals surface area contributed by atoms with Crippen LogP contribution in [0.2, 0.25) is 0 Å². The lowest BCUT2D eigenvalue weighted by molar-refractivity contribution is -0.119. The second kappa shape index (κ2) is 10.1. The van der Waals surface area contributed by atoms with E-state index in [1.54, 1.807) is 31.0 Å². The lowest BCUT2D eigenvalue weighted by atomic mass is 10.2. The number of hydrogen-bond acceptors (Lipinski definition) is 5. The molecule has 0 fully saturated rings. The molecule has 0 unspecified atom stereocenters. The van der Waals surface area contributed by atoms with Crippen molar-refractivity contribution in [1.29, 1.82) is 0 Å². The Kier molecular flexibility index (Phi) is 7.21. The maximum Gasteiger partial charge on any atom is 0.330 e. The van der Waals surface area contributed by atoms with Crippen LogP contribution in [0.15, 0.2) is 64.2 Å². The Morgan fingerprint density at radius 1 is 1.06 bits per heavy atom. The first-order valence-corrected chi connectivity index (χ1v) is 10.2. The molecule has 1 amide bonds. The Labute approximate surface area is 184 Å². The van der Waals surface area contributed by atoms with Crippen molar-refractivity contribution < 1.29 is 9.18 Å². The SMILES string of the molecule is CCN(C(=O)CN(C)Cc1ccc(F)cc1)c1c(N)n(Cc2ccccc2)c(=O)[nH]c1=O. The highest BCUT2D eigenvalue weighted by Crippen LogP contribution is 2.18. The Balaban J connectivity index is 1.84. The van der Waals surface area contributed by atoms with Gasteiger partial charge >= 0.3 is 5.69 Å². The summed E-state index contributed by atoms with van der Waals surface area (Å²) in [5.41, 5.74) is 6.48. The van der Waals surface area contributed by atoms with Crippen molar-refractivity contribution in [1.82, 2.24) is 14.5 Å². The zero-order chi connectivity index (χ0) is 23.3. The van der Waals surface area contributed by atoms with Crippen LogP contribution in [0.3, 0.4) is 0 Å². The van der Waals surface area contributed by atoms with E-state index in [4.69, 9.17) is 5.73 Å². The molecule has 3 N–H and O–H groups in total. The number of carbonyl (C=O) groups excluding carboxylic acids is 1. The standard InChI is InChI=1S/C23H26FN5O3/c1-3-28(19(30)15-27(2)13-17-9-11-18(24)12-10-17)20-21(25)29(23(32)26-22(20)31)14-16-7-5-4-6-8-16/h4-12H,3,13-15,25H2,1-2H3,(H,26,31,32). The van der Waals surface area contributed by atoms with Crippen LogP contribution >= 0.6 is 0 Å². The summed E-state index contributed by atoms with van der Waals surface area (Å²) in [6.45, 7) is 2.50. The van der Waals surface area contributed by atoms with Gasteiger partial charge in [-0.15, -0.1) is 0 Å². The smallest absolute Gasteiger partial charge is 0.330 e. The fraction of sp³-hybridized carbons (Fsp3) is 0.261. The molecule has 0 aliphatic heterocycles. The number of benzene rings is 2. The Hall–Kier alpha value is -3.72. The van der Waals surface area contributed by atoms with Gasteiger partial charge in [0.05, 0.1) is 13.1 Å². The minimum absolute atomic E-state index is 0.00189. The molecule has 9 heteroatoms. The van der Waals surface area contributed by atoms with E-state index in [0.29, 0.717) is 6.54 Å². The summed E-state index contributed by atoms with van der Waals surface area (Å²) >= 11 is 0. The van der Waals surface area contributed by atoms with E-state index in [1.807, 2.05) is 30.3 Å².